The van der Waals surface area contributed by atoms with Crippen LogP contribution in [0.1, 0.15) is 16.7 Å². The van der Waals surface area contributed by atoms with Gasteiger partial charge in [0.2, 0.25) is 5.88 Å². The average molecular weight is 433 g/mol. The molecular formula is C22H20N6O2S. The van der Waals surface area contributed by atoms with E-state index in [4.69, 9.17) is 9.47 Å². The minimum atomic E-state index is 0.291. The van der Waals surface area contributed by atoms with Crippen LogP contribution in [0.25, 0.3) is 11.1 Å². The zero-order valence-corrected chi connectivity index (χ0v) is 17.9. The molecule has 0 atom stereocenters. The molecule has 3 aromatic heterocycles. The predicted octanol–water partition coefficient (Wildman–Crippen LogP) is 3.64. The third kappa shape index (κ3) is 5.28. The van der Waals surface area contributed by atoms with Gasteiger partial charge in [-0.1, -0.05) is 6.07 Å². The van der Waals surface area contributed by atoms with Gasteiger partial charge in [0.25, 0.3) is 0 Å². The van der Waals surface area contributed by atoms with Gasteiger partial charge in [-0.15, -0.1) is 11.8 Å². The van der Waals surface area contributed by atoms with E-state index in [1.165, 1.54) is 11.8 Å². The van der Waals surface area contributed by atoms with Gasteiger partial charge in [0.05, 0.1) is 12.2 Å². The molecule has 31 heavy (non-hydrogen) atoms. The first-order valence-electron chi connectivity index (χ1n) is 9.37. The number of hydrogen-bond acceptors (Lipinski definition) is 9. The van der Waals surface area contributed by atoms with E-state index in [0.29, 0.717) is 57.9 Å². The highest BCUT2D eigenvalue weighted by Gasteiger charge is 2.21. The lowest BCUT2D eigenvalue weighted by molar-refractivity contribution is 0.144. The van der Waals surface area contributed by atoms with Crippen molar-refractivity contribution in [2.75, 3.05) is 32.7 Å². The lowest BCUT2D eigenvalue weighted by Gasteiger charge is -2.15. The monoisotopic (exact) mass is 432 g/mol. The number of methoxy groups -OCH3 is 1. The van der Waals surface area contributed by atoms with Crippen molar-refractivity contribution in [3.05, 3.63) is 59.5 Å². The van der Waals surface area contributed by atoms with E-state index >= 15 is 0 Å². The van der Waals surface area contributed by atoms with E-state index in [0.717, 1.165) is 5.56 Å². The molecule has 0 unspecified atom stereocenters. The highest BCUT2D eigenvalue weighted by Crippen LogP contribution is 2.37. The zero-order valence-electron chi connectivity index (χ0n) is 17.1. The molecule has 0 saturated carbocycles. The molecule has 0 spiro atoms. The molecule has 3 aromatic rings. The number of ether oxygens (including phenoxy) is 2. The summed E-state index contributed by atoms with van der Waals surface area (Å²) in [4.78, 5) is 13.0. The summed E-state index contributed by atoms with van der Waals surface area (Å²) in [7, 11) is 3.29. The van der Waals surface area contributed by atoms with Gasteiger partial charge in [0.1, 0.15) is 35.2 Å². The smallest absolute Gasteiger partial charge is 0.213 e. The highest BCUT2D eigenvalue weighted by molar-refractivity contribution is 7.98. The molecule has 0 aliphatic carbocycles. The van der Waals surface area contributed by atoms with E-state index in [2.05, 4.69) is 32.4 Å². The molecule has 1 N–H and O–H groups in total. The van der Waals surface area contributed by atoms with Gasteiger partial charge in [-0.25, -0.2) is 9.97 Å². The molecule has 8 nitrogen and oxygen atoms in total. The number of aromatic nitrogens is 3. The number of nitriles is 2. The van der Waals surface area contributed by atoms with Crippen molar-refractivity contribution in [3.8, 4) is 29.1 Å². The van der Waals surface area contributed by atoms with Crippen molar-refractivity contribution in [1.82, 2.24) is 15.0 Å². The van der Waals surface area contributed by atoms with Crippen molar-refractivity contribution in [3.63, 3.8) is 0 Å². The molecule has 3 heterocycles. The fraction of sp³-hybridized carbons (Fsp3) is 0.227. The second-order valence-electron chi connectivity index (χ2n) is 6.24. The molecule has 0 radical (unpaired) electrons. The average Bonchev–Trinajstić information content (AvgIpc) is 2.82. The molecule has 3 rings (SSSR count). The van der Waals surface area contributed by atoms with Crippen molar-refractivity contribution in [2.24, 2.45) is 0 Å². The Morgan fingerprint density at radius 1 is 1.10 bits per heavy atom. The summed E-state index contributed by atoms with van der Waals surface area (Å²) in [5, 5.41) is 23.2. The van der Waals surface area contributed by atoms with E-state index < -0.39 is 0 Å². The second-order valence-corrected chi connectivity index (χ2v) is 7.20. The van der Waals surface area contributed by atoms with Gasteiger partial charge in [0.15, 0.2) is 0 Å². The molecule has 0 aliphatic heterocycles. The first-order chi connectivity index (χ1) is 15.2. The number of nitrogens with zero attached hydrogens (tertiary/aromatic N) is 5. The number of pyridine rings is 3. The normalized spacial score (nSPS) is 10.2. The fourth-order valence-electron chi connectivity index (χ4n) is 2.83. The van der Waals surface area contributed by atoms with Crippen LogP contribution in [0.15, 0.2) is 47.9 Å². The Bertz CT molecular complexity index is 1110. The van der Waals surface area contributed by atoms with Gasteiger partial charge in [0, 0.05) is 55.7 Å². The molecule has 0 amide bonds. The quantitative estimate of drug-likeness (QED) is 0.399. The van der Waals surface area contributed by atoms with E-state index in [-0.39, 0.29) is 0 Å². The third-order valence-electron chi connectivity index (χ3n) is 4.29. The molecule has 9 heteroatoms. The maximum atomic E-state index is 9.93. The summed E-state index contributed by atoms with van der Waals surface area (Å²) in [6.07, 6.45) is 5.07. The Balaban J connectivity index is 2.01. The Kier molecular flexibility index (Phi) is 7.77. The molecule has 0 aromatic carbocycles. The highest BCUT2D eigenvalue weighted by atomic mass is 32.2. The van der Waals surface area contributed by atoms with E-state index in [1.54, 1.807) is 44.9 Å². The van der Waals surface area contributed by atoms with Gasteiger partial charge in [-0.05, 0) is 17.7 Å². The number of hydrogen-bond donors (Lipinski definition) is 1. The van der Waals surface area contributed by atoms with Crippen LogP contribution in [0.3, 0.4) is 0 Å². The first-order valence-corrected chi connectivity index (χ1v) is 10.4. The van der Waals surface area contributed by atoms with Crippen LogP contribution in [0.4, 0.5) is 5.82 Å². The Morgan fingerprint density at radius 2 is 1.94 bits per heavy atom. The van der Waals surface area contributed by atoms with Crippen LogP contribution >= 0.6 is 11.8 Å². The second kappa shape index (κ2) is 10.9. The van der Waals surface area contributed by atoms with E-state index in [9.17, 15) is 10.5 Å². The number of thioether (sulfide) groups is 1. The molecule has 0 aliphatic rings. The summed E-state index contributed by atoms with van der Waals surface area (Å²) in [6, 6.07) is 11.7. The lowest BCUT2D eigenvalue weighted by Crippen LogP contribution is -2.06. The maximum Gasteiger partial charge on any atom is 0.213 e. The third-order valence-corrected chi connectivity index (χ3v) is 5.33. The summed E-state index contributed by atoms with van der Waals surface area (Å²) in [6.45, 7) is 0.831. The van der Waals surface area contributed by atoms with Crippen molar-refractivity contribution in [1.29, 1.82) is 10.5 Å². The summed E-state index contributed by atoms with van der Waals surface area (Å²) in [5.74, 6) is 1.44. The minimum absolute atomic E-state index is 0.291. The number of anilines is 1. The SMILES string of the molecule is CNc1nc(SCc2cccnc2)c(C#N)c(-c2ccc(OCCOC)nc2)c1C#N. The largest absolute Gasteiger partial charge is 0.475 e. The van der Waals surface area contributed by atoms with Crippen LogP contribution in [-0.2, 0) is 10.5 Å². The van der Waals surface area contributed by atoms with Crippen LogP contribution in [-0.4, -0.2) is 42.3 Å². The zero-order chi connectivity index (χ0) is 22.1. The standard InChI is InChI=1S/C22H20N6O2S/c1-25-21-17(10-23)20(16-5-6-19(27-13-16)30-9-8-29-2)18(11-24)22(28-21)31-14-15-4-3-7-26-12-15/h3-7,12-13H,8-9,14H2,1-2H3,(H,25,28). The van der Waals surface area contributed by atoms with Crippen LogP contribution in [0.5, 0.6) is 5.88 Å². The van der Waals surface area contributed by atoms with Crippen LogP contribution < -0.4 is 10.1 Å². The minimum Gasteiger partial charge on any atom is -0.475 e. The topological polar surface area (TPSA) is 117 Å². The van der Waals surface area contributed by atoms with Crippen LogP contribution in [0.2, 0.25) is 0 Å². The van der Waals surface area contributed by atoms with Gasteiger partial charge >= 0.3 is 0 Å². The number of nitrogens with one attached hydrogen (secondary N) is 1. The molecule has 156 valence electrons. The Morgan fingerprint density at radius 3 is 2.55 bits per heavy atom. The van der Waals surface area contributed by atoms with Crippen molar-refractivity contribution >= 4 is 17.6 Å². The van der Waals surface area contributed by atoms with Crippen molar-refractivity contribution in [2.45, 2.75) is 10.8 Å². The van der Waals surface area contributed by atoms with E-state index in [1.807, 2.05) is 12.1 Å². The fourth-order valence-corrected chi connectivity index (χ4v) is 3.75. The molecular weight excluding hydrogens is 412 g/mol. The first kappa shape index (κ1) is 22.0. The Labute approximate surface area is 184 Å². The van der Waals surface area contributed by atoms with Gasteiger partial charge in [-0.2, -0.15) is 10.5 Å². The number of rotatable bonds is 9. The summed E-state index contributed by atoms with van der Waals surface area (Å²) >= 11 is 1.42. The maximum absolute atomic E-state index is 9.93. The van der Waals surface area contributed by atoms with Crippen molar-refractivity contribution < 1.29 is 9.47 Å². The van der Waals surface area contributed by atoms with Crippen LogP contribution in [0, 0.1) is 22.7 Å². The predicted molar refractivity (Wildman–Crippen MR) is 118 cm³/mol. The summed E-state index contributed by atoms with van der Waals surface area (Å²) < 4.78 is 10.5. The Hall–Kier alpha value is -3.66. The molecule has 0 bridgehead atoms. The summed E-state index contributed by atoms with van der Waals surface area (Å²) in [5.41, 5.74) is 2.76. The van der Waals surface area contributed by atoms with Gasteiger partial charge < -0.3 is 14.8 Å². The molecule has 0 saturated heterocycles. The molecule has 0 fully saturated rings. The van der Waals surface area contributed by atoms with Gasteiger partial charge in [-0.3, -0.25) is 4.98 Å². The lowest BCUT2D eigenvalue weighted by atomic mass is 9.98.